The maximum Gasteiger partial charge on any atom is 0.283 e. The maximum absolute atomic E-state index is 12.9. The van der Waals surface area contributed by atoms with Gasteiger partial charge in [-0.3, -0.25) is 14.4 Å². The number of anilines is 3. The average molecular weight is 545 g/mol. The fourth-order valence-electron chi connectivity index (χ4n) is 3.19. The maximum atomic E-state index is 12.9. The Morgan fingerprint density at radius 2 is 1.64 bits per heavy atom. The highest BCUT2D eigenvalue weighted by atomic mass is 79.9. The third kappa shape index (κ3) is 4.80. The summed E-state index contributed by atoms with van der Waals surface area (Å²) < 4.78 is 0.811. The van der Waals surface area contributed by atoms with E-state index in [9.17, 15) is 14.4 Å². The van der Waals surface area contributed by atoms with E-state index in [-0.39, 0.29) is 16.6 Å². The number of halogens is 3. The highest BCUT2D eigenvalue weighted by molar-refractivity contribution is 9.10. The number of nitrogens with zero attached hydrogens (tertiary/aromatic N) is 1. The van der Waals surface area contributed by atoms with Gasteiger partial charge in [0.15, 0.2) is 0 Å². The van der Waals surface area contributed by atoms with Crippen molar-refractivity contribution >= 4 is 73.9 Å². The molecule has 4 rings (SSSR count). The molecule has 3 amide bonds. The zero-order chi connectivity index (χ0) is 23.7. The Hall–Kier alpha value is -3.13. The molecule has 0 spiro atoms. The van der Waals surface area contributed by atoms with Gasteiger partial charge in [0.05, 0.1) is 5.69 Å². The number of amides is 3. The van der Waals surface area contributed by atoms with E-state index >= 15 is 0 Å². The molecule has 166 valence electrons. The van der Waals surface area contributed by atoms with Gasteiger partial charge in [-0.25, -0.2) is 4.90 Å². The minimum absolute atomic E-state index is 0.0625. The average Bonchev–Trinajstić information content (AvgIpc) is 3.00. The van der Waals surface area contributed by atoms with E-state index in [1.807, 2.05) is 13.0 Å². The zero-order valence-corrected chi connectivity index (χ0v) is 20.3. The molecule has 0 unspecified atom stereocenters. The van der Waals surface area contributed by atoms with Crippen molar-refractivity contribution in [3.05, 3.63) is 98.1 Å². The van der Waals surface area contributed by atoms with Crippen LogP contribution >= 0.6 is 39.1 Å². The van der Waals surface area contributed by atoms with Crippen LogP contribution in [-0.2, 0) is 9.59 Å². The molecule has 1 aliphatic heterocycles. The highest BCUT2D eigenvalue weighted by Crippen LogP contribution is 2.31. The second kappa shape index (κ2) is 9.39. The van der Waals surface area contributed by atoms with Crippen molar-refractivity contribution in [1.82, 2.24) is 0 Å². The number of nitrogens with one attached hydrogen (secondary N) is 2. The molecule has 0 saturated carbocycles. The first-order valence-corrected chi connectivity index (χ1v) is 11.3. The van der Waals surface area contributed by atoms with Crippen LogP contribution in [0.5, 0.6) is 0 Å². The Kier molecular flexibility index (Phi) is 6.56. The van der Waals surface area contributed by atoms with Crippen LogP contribution < -0.4 is 15.5 Å². The van der Waals surface area contributed by atoms with Gasteiger partial charge < -0.3 is 10.6 Å². The molecule has 0 fully saturated rings. The lowest BCUT2D eigenvalue weighted by molar-refractivity contribution is -0.120. The Labute approximate surface area is 208 Å². The molecule has 0 aromatic heterocycles. The minimum atomic E-state index is -0.628. The number of benzene rings is 3. The van der Waals surface area contributed by atoms with Crippen LogP contribution in [0.3, 0.4) is 0 Å². The topological polar surface area (TPSA) is 78.5 Å². The van der Waals surface area contributed by atoms with E-state index in [2.05, 4.69) is 26.6 Å². The Morgan fingerprint density at radius 1 is 0.909 bits per heavy atom. The standard InChI is InChI=1S/C24H16BrCl2N3O3/c1-13-5-8-17(12-19(13)26)29-22(31)14-3-2-4-16(11-14)28-21-20(27)23(32)30(24(21)33)18-9-6-15(25)7-10-18/h2-12,28H,1H3,(H,29,31). The Bertz CT molecular complexity index is 1320. The normalized spacial score (nSPS) is 13.5. The van der Waals surface area contributed by atoms with Crippen molar-refractivity contribution in [3.63, 3.8) is 0 Å². The third-order valence-electron chi connectivity index (χ3n) is 4.94. The summed E-state index contributed by atoms with van der Waals surface area (Å²) in [4.78, 5) is 39.2. The molecule has 3 aromatic rings. The van der Waals surface area contributed by atoms with Crippen LogP contribution in [-0.4, -0.2) is 17.7 Å². The largest absolute Gasteiger partial charge is 0.350 e. The minimum Gasteiger partial charge on any atom is -0.350 e. The van der Waals surface area contributed by atoms with Gasteiger partial charge in [0.25, 0.3) is 17.7 Å². The third-order valence-corrected chi connectivity index (χ3v) is 6.22. The Balaban J connectivity index is 1.53. The van der Waals surface area contributed by atoms with Gasteiger partial charge in [0, 0.05) is 26.4 Å². The fraction of sp³-hybridized carbons (Fsp3) is 0.0417. The van der Waals surface area contributed by atoms with Gasteiger partial charge >= 0.3 is 0 Å². The molecule has 3 aromatic carbocycles. The predicted molar refractivity (Wildman–Crippen MR) is 134 cm³/mol. The Morgan fingerprint density at radius 3 is 2.33 bits per heavy atom. The van der Waals surface area contributed by atoms with Crippen LogP contribution in [0.25, 0.3) is 0 Å². The smallest absolute Gasteiger partial charge is 0.283 e. The van der Waals surface area contributed by atoms with E-state index in [1.165, 1.54) is 0 Å². The number of carbonyl (C=O) groups is 3. The summed E-state index contributed by atoms with van der Waals surface area (Å²) in [6, 6.07) is 18.4. The molecular formula is C24H16BrCl2N3O3. The van der Waals surface area contributed by atoms with Crippen molar-refractivity contribution in [2.45, 2.75) is 6.92 Å². The van der Waals surface area contributed by atoms with E-state index < -0.39 is 11.8 Å². The first-order chi connectivity index (χ1) is 15.7. The fourth-order valence-corrected chi connectivity index (χ4v) is 3.85. The SMILES string of the molecule is Cc1ccc(NC(=O)c2cccc(NC3=C(Cl)C(=O)N(c4ccc(Br)cc4)C3=O)c2)cc1Cl. The number of carbonyl (C=O) groups excluding carboxylic acids is 3. The van der Waals surface area contributed by atoms with Gasteiger partial charge in [-0.1, -0.05) is 51.3 Å². The van der Waals surface area contributed by atoms with Gasteiger partial charge in [-0.2, -0.15) is 0 Å². The van der Waals surface area contributed by atoms with Crippen LogP contribution in [0.2, 0.25) is 5.02 Å². The van der Waals surface area contributed by atoms with Crippen molar-refractivity contribution < 1.29 is 14.4 Å². The monoisotopic (exact) mass is 543 g/mol. The highest BCUT2D eigenvalue weighted by Gasteiger charge is 2.38. The molecule has 1 heterocycles. The summed E-state index contributed by atoms with van der Waals surface area (Å²) in [5.41, 5.74) is 2.56. The summed E-state index contributed by atoms with van der Waals surface area (Å²) in [5, 5.41) is 5.98. The molecule has 0 saturated heterocycles. The molecule has 0 atom stereocenters. The summed E-state index contributed by atoms with van der Waals surface area (Å²) in [6.07, 6.45) is 0. The quantitative estimate of drug-likeness (QED) is 0.380. The second-order valence-corrected chi connectivity index (χ2v) is 8.94. The van der Waals surface area contributed by atoms with Crippen LogP contribution in [0.1, 0.15) is 15.9 Å². The molecule has 0 bridgehead atoms. The first kappa shape index (κ1) is 23.0. The summed E-state index contributed by atoms with van der Waals surface area (Å²) >= 11 is 15.6. The lowest BCUT2D eigenvalue weighted by Crippen LogP contribution is -2.32. The number of rotatable bonds is 5. The number of hydrogen-bond acceptors (Lipinski definition) is 4. The molecule has 0 radical (unpaired) electrons. The molecular weight excluding hydrogens is 529 g/mol. The predicted octanol–water partition coefficient (Wildman–Crippen LogP) is 6.10. The van der Waals surface area contributed by atoms with Crippen molar-refractivity contribution in [2.75, 3.05) is 15.5 Å². The zero-order valence-electron chi connectivity index (χ0n) is 17.2. The molecule has 0 aliphatic carbocycles. The lowest BCUT2D eigenvalue weighted by Gasteiger charge is -2.15. The molecule has 1 aliphatic rings. The van der Waals surface area contributed by atoms with Gasteiger partial charge in [-0.15, -0.1) is 0 Å². The van der Waals surface area contributed by atoms with Crippen molar-refractivity contribution in [3.8, 4) is 0 Å². The van der Waals surface area contributed by atoms with Crippen LogP contribution in [0.4, 0.5) is 17.1 Å². The summed E-state index contributed by atoms with van der Waals surface area (Å²) in [5.74, 6) is -1.57. The van der Waals surface area contributed by atoms with E-state index in [1.54, 1.807) is 60.7 Å². The summed E-state index contributed by atoms with van der Waals surface area (Å²) in [7, 11) is 0. The number of imide groups is 1. The first-order valence-electron chi connectivity index (χ1n) is 9.73. The van der Waals surface area contributed by atoms with Crippen molar-refractivity contribution in [1.29, 1.82) is 0 Å². The van der Waals surface area contributed by atoms with Crippen LogP contribution in [0.15, 0.2) is 81.9 Å². The van der Waals surface area contributed by atoms with Gasteiger partial charge in [-0.05, 0) is 67.1 Å². The summed E-state index contributed by atoms with van der Waals surface area (Å²) in [6.45, 7) is 1.87. The lowest BCUT2D eigenvalue weighted by atomic mass is 10.1. The van der Waals surface area contributed by atoms with E-state index in [0.717, 1.165) is 14.9 Å². The van der Waals surface area contributed by atoms with E-state index in [4.69, 9.17) is 23.2 Å². The molecule has 9 heteroatoms. The number of hydrogen-bond donors (Lipinski definition) is 2. The van der Waals surface area contributed by atoms with E-state index in [0.29, 0.717) is 27.6 Å². The molecule has 33 heavy (non-hydrogen) atoms. The van der Waals surface area contributed by atoms with Gasteiger partial charge in [0.1, 0.15) is 10.7 Å². The molecule has 2 N–H and O–H groups in total. The van der Waals surface area contributed by atoms with Crippen molar-refractivity contribution in [2.24, 2.45) is 0 Å². The van der Waals surface area contributed by atoms with Gasteiger partial charge in [0.2, 0.25) is 0 Å². The molecule has 6 nitrogen and oxygen atoms in total. The number of aryl methyl sites for hydroxylation is 1. The van der Waals surface area contributed by atoms with Crippen LogP contribution in [0, 0.1) is 6.92 Å². The second-order valence-electron chi connectivity index (χ2n) is 7.24.